The number of hydrogen-bond acceptors (Lipinski definition) is 6. The van der Waals surface area contributed by atoms with Crippen molar-refractivity contribution in [2.24, 2.45) is 0 Å². The van der Waals surface area contributed by atoms with Gasteiger partial charge in [0.2, 0.25) is 0 Å². The van der Waals surface area contributed by atoms with E-state index in [4.69, 9.17) is 0 Å². The third kappa shape index (κ3) is 3.81. The van der Waals surface area contributed by atoms with Crippen LogP contribution in [0.2, 0.25) is 0 Å². The lowest BCUT2D eigenvalue weighted by atomic mass is 9.92. The molecule has 0 saturated carbocycles. The van der Waals surface area contributed by atoms with Gasteiger partial charge in [0, 0.05) is 35.8 Å². The Labute approximate surface area is 178 Å². The highest BCUT2D eigenvalue weighted by Crippen LogP contribution is 2.26. The molecule has 31 heavy (non-hydrogen) atoms. The van der Waals surface area contributed by atoms with E-state index in [-0.39, 0.29) is 16.7 Å². The number of carbonyl (C=O) groups is 1. The van der Waals surface area contributed by atoms with Crippen molar-refractivity contribution in [2.45, 2.75) is 39.7 Å². The molecule has 0 unspecified atom stereocenters. The van der Waals surface area contributed by atoms with Crippen LogP contribution < -0.4 is 10.9 Å². The van der Waals surface area contributed by atoms with E-state index in [2.05, 4.69) is 25.5 Å². The van der Waals surface area contributed by atoms with Gasteiger partial charge in [0.1, 0.15) is 5.82 Å². The minimum atomic E-state index is -0.448. The van der Waals surface area contributed by atoms with Crippen molar-refractivity contribution in [1.29, 1.82) is 0 Å². The number of nitrogens with zero attached hydrogens (tertiary/aromatic N) is 6. The highest BCUT2D eigenvalue weighted by Gasteiger charge is 2.24. The van der Waals surface area contributed by atoms with E-state index in [1.807, 2.05) is 27.7 Å². The average Bonchev–Trinajstić information content (AvgIpc) is 3.19. The molecule has 1 amide bonds. The fraction of sp³-hybridized carbons (Fsp3) is 0.273. The molecule has 0 bridgehead atoms. The first-order chi connectivity index (χ1) is 14.8. The lowest BCUT2D eigenvalue weighted by Gasteiger charge is -2.13. The molecular formula is C22H23N7O2. The zero-order valence-corrected chi connectivity index (χ0v) is 17.8. The van der Waals surface area contributed by atoms with Gasteiger partial charge in [-0.25, -0.2) is 14.6 Å². The zero-order chi connectivity index (χ0) is 22.2. The monoisotopic (exact) mass is 417 g/mol. The van der Waals surface area contributed by atoms with E-state index in [0.717, 1.165) is 5.69 Å². The smallest absolute Gasteiger partial charge is 0.277 e. The maximum Gasteiger partial charge on any atom is 0.277 e. The van der Waals surface area contributed by atoms with Crippen LogP contribution in [0.4, 0.5) is 5.82 Å². The molecular weight excluding hydrogens is 394 g/mol. The molecule has 3 aromatic heterocycles. The van der Waals surface area contributed by atoms with Crippen LogP contribution in [0.5, 0.6) is 0 Å². The molecule has 3 heterocycles. The van der Waals surface area contributed by atoms with E-state index in [1.54, 1.807) is 48.8 Å². The van der Waals surface area contributed by atoms with Crippen molar-refractivity contribution < 1.29 is 4.79 Å². The molecule has 158 valence electrons. The fourth-order valence-electron chi connectivity index (χ4n) is 3.18. The van der Waals surface area contributed by atoms with E-state index < -0.39 is 5.91 Å². The summed E-state index contributed by atoms with van der Waals surface area (Å²) in [6.45, 7) is 8.26. The number of hydrogen-bond donors (Lipinski definition) is 1. The van der Waals surface area contributed by atoms with Gasteiger partial charge in [-0.15, -0.1) is 0 Å². The van der Waals surface area contributed by atoms with Gasteiger partial charge in [-0.2, -0.15) is 14.9 Å². The number of nitrogens with one attached hydrogen (secondary N) is 1. The Hall–Kier alpha value is -3.88. The van der Waals surface area contributed by atoms with Crippen molar-refractivity contribution in [2.75, 3.05) is 5.32 Å². The Kier molecular flexibility index (Phi) is 5.10. The second-order valence-corrected chi connectivity index (χ2v) is 8.09. The topological polar surface area (TPSA) is 108 Å². The van der Waals surface area contributed by atoms with Crippen molar-refractivity contribution in [3.05, 3.63) is 70.5 Å². The number of aryl methyl sites for hydroxylation is 1. The van der Waals surface area contributed by atoms with Crippen molar-refractivity contribution >= 4 is 22.5 Å². The summed E-state index contributed by atoms with van der Waals surface area (Å²) < 4.78 is 2.78. The summed E-state index contributed by atoms with van der Waals surface area (Å²) in [6.07, 6.45) is 3.22. The molecule has 4 rings (SSSR count). The maximum atomic E-state index is 13.3. The number of anilines is 1. The van der Waals surface area contributed by atoms with Crippen LogP contribution in [-0.2, 0) is 12.0 Å². The predicted octanol–water partition coefficient (Wildman–Crippen LogP) is 2.94. The molecule has 9 heteroatoms. The first kappa shape index (κ1) is 20.4. The molecule has 0 saturated heterocycles. The van der Waals surface area contributed by atoms with Gasteiger partial charge in [-0.05, 0) is 19.1 Å². The minimum absolute atomic E-state index is 0.163. The highest BCUT2D eigenvalue weighted by molar-refractivity contribution is 6.10. The second-order valence-electron chi connectivity index (χ2n) is 8.09. The molecule has 4 aromatic rings. The first-order valence-corrected chi connectivity index (χ1v) is 9.98. The standard InChI is InChI=1S/C22H23N7O2/c1-5-28-20(31)15-10-7-6-9-14(15)18(27-28)19(30)25-17-13-16(22(2,3)4)26-29(17)21-23-11-8-12-24-21/h6-13H,5H2,1-4H3,(H,25,30). The van der Waals surface area contributed by atoms with Gasteiger partial charge in [-0.1, -0.05) is 39.0 Å². The summed E-state index contributed by atoms with van der Waals surface area (Å²) >= 11 is 0. The second kappa shape index (κ2) is 7.75. The number of fused-ring (bicyclic) bond motifs is 1. The van der Waals surface area contributed by atoms with Crippen LogP contribution in [0.3, 0.4) is 0 Å². The molecule has 0 fully saturated rings. The van der Waals surface area contributed by atoms with Gasteiger partial charge in [0.15, 0.2) is 5.69 Å². The van der Waals surface area contributed by atoms with Crippen LogP contribution in [0.25, 0.3) is 16.7 Å². The van der Waals surface area contributed by atoms with Gasteiger partial charge in [0.25, 0.3) is 17.4 Å². The zero-order valence-electron chi connectivity index (χ0n) is 17.8. The van der Waals surface area contributed by atoms with Crippen LogP contribution >= 0.6 is 0 Å². The number of aromatic nitrogens is 6. The van der Waals surface area contributed by atoms with Gasteiger partial charge in [0.05, 0.1) is 11.1 Å². The van der Waals surface area contributed by atoms with E-state index in [9.17, 15) is 9.59 Å². The number of carbonyl (C=O) groups excluding carboxylic acids is 1. The maximum absolute atomic E-state index is 13.3. The summed E-state index contributed by atoms with van der Waals surface area (Å²) in [4.78, 5) is 34.4. The number of benzene rings is 1. The Morgan fingerprint density at radius 3 is 2.35 bits per heavy atom. The van der Waals surface area contributed by atoms with Crippen molar-refractivity contribution in [3.8, 4) is 5.95 Å². The predicted molar refractivity (Wildman–Crippen MR) is 117 cm³/mol. The molecule has 0 radical (unpaired) electrons. The quantitative estimate of drug-likeness (QED) is 0.547. The summed E-state index contributed by atoms with van der Waals surface area (Å²) in [5.74, 6) is 0.307. The number of rotatable bonds is 4. The SMILES string of the molecule is CCn1nc(C(=O)Nc2cc(C(C)(C)C)nn2-c2ncccn2)c2ccccc2c1=O. The Morgan fingerprint density at radius 2 is 1.71 bits per heavy atom. The summed E-state index contributed by atoms with van der Waals surface area (Å²) in [7, 11) is 0. The molecule has 0 atom stereocenters. The van der Waals surface area contributed by atoms with Gasteiger partial charge < -0.3 is 5.32 Å². The first-order valence-electron chi connectivity index (χ1n) is 9.98. The molecule has 0 aliphatic heterocycles. The molecule has 0 aliphatic carbocycles. The lowest BCUT2D eigenvalue weighted by molar-refractivity contribution is 0.102. The van der Waals surface area contributed by atoms with Crippen LogP contribution in [0, 0.1) is 0 Å². The normalized spacial score (nSPS) is 11.6. The molecule has 1 N–H and O–H groups in total. The molecule has 0 spiro atoms. The Morgan fingerprint density at radius 1 is 1.03 bits per heavy atom. The average molecular weight is 417 g/mol. The van der Waals surface area contributed by atoms with Crippen LogP contribution in [0.1, 0.15) is 43.9 Å². The van der Waals surface area contributed by atoms with E-state index >= 15 is 0 Å². The minimum Gasteiger partial charge on any atom is -0.305 e. The third-order valence-electron chi connectivity index (χ3n) is 4.84. The van der Waals surface area contributed by atoms with E-state index in [1.165, 1.54) is 9.36 Å². The summed E-state index contributed by atoms with van der Waals surface area (Å²) in [5.41, 5.74) is 0.454. The fourth-order valence-corrected chi connectivity index (χ4v) is 3.18. The van der Waals surface area contributed by atoms with Crippen molar-refractivity contribution in [1.82, 2.24) is 29.5 Å². The summed E-state index contributed by atoms with van der Waals surface area (Å²) in [5, 5.41) is 12.7. The lowest BCUT2D eigenvalue weighted by Crippen LogP contribution is -2.27. The molecule has 1 aromatic carbocycles. The Balaban J connectivity index is 1.82. The van der Waals surface area contributed by atoms with Crippen LogP contribution in [-0.4, -0.2) is 35.4 Å². The van der Waals surface area contributed by atoms with Gasteiger partial charge in [-0.3, -0.25) is 9.59 Å². The Bertz CT molecular complexity index is 1320. The summed E-state index contributed by atoms with van der Waals surface area (Å²) in [6, 6.07) is 10.5. The number of amides is 1. The van der Waals surface area contributed by atoms with Crippen molar-refractivity contribution in [3.63, 3.8) is 0 Å². The molecule has 9 nitrogen and oxygen atoms in total. The van der Waals surface area contributed by atoms with Crippen LogP contribution in [0.15, 0.2) is 53.6 Å². The largest absolute Gasteiger partial charge is 0.305 e. The highest BCUT2D eigenvalue weighted by atomic mass is 16.2. The molecule has 0 aliphatic rings. The van der Waals surface area contributed by atoms with E-state index in [0.29, 0.717) is 29.1 Å². The van der Waals surface area contributed by atoms with Gasteiger partial charge >= 0.3 is 0 Å². The third-order valence-corrected chi connectivity index (χ3v) is 4.84.